The second-order valence-corrected chi connectivity index (χ2v) is 6.00. The smallest absolute Gasteiger partial charge is 0.374 e. The highest BCUT2D eigenvalue weighted by Crippen LogP contribution is 2.27. The molecule has 2 aromatic carbocycles. The van der Waals surface area contributed by atoms with Crippen LogP contribution in [0, 0.1) is 0 Å². The number of para-hydroxylation sites is 1. The van der Waals surface area contributed by atoms with Crippen molar-refractivity contribution in [1.82, 2.24) is 20.2 Å². The maximum atomic E-state index is 12.5. The standard InChI is InChI=1S/C20H16N4O5/c1-2-27-20(26)18-16(15-5-3-4-6-17(15)29-18)11-28-19(25)13-7-9-14(10-8-13)24-12-21-22-23-24/h3-10,12H,2,11H2,1H3. The van der Waals surface area contributed by atoms with Gasteiger partial charge in [-0.2, -0.15) is 0 Å². The van der Waals surface area contributed by atoms with Crippen LogP contribution in [0.25, 0.3) is 16.7 Å². The Morgan fingerprint density at radius 2 is 1.83 bits per heavy atom. The summed E-state index contributed by atoms with van der Waals surface area (Å²) < 4.78 is 17.6. The molecule has 0 bridgehead atoms. The van der Waals surface area contributed by atoms with Crippen molar-refractivity contribution in [1.29, 1.82) is 0 Å². The molecule has 0 saturated heterocycles. The van der Waals surface area contributed by atoms with Gasteiger partial charge in [0.2, 0.25) is 5.76 Å². The van der Waals surface area contributed by atoms with Gasteiger partial charge in [0.25, 0.3) is 0 Å². The van der Waals surface area contributed by atoms with Crippen LogP contribution in [0.15, 0.2) is 59.3 Å². The van der Waals surface area contributed by atoms with E-state index in [0.29, 0.717) is 27.8 Å². The van der Waals surface area contributed by atoms with Gasteiger partial charge in [-0.05, 0) is 47.7 Å². The summed E-state index contributed by atoms with van der Waals surface area (Å²) in [5.74, 6) is -1.09. The van der Waals surface area contributed by atoms with Gasteiger partial charge in [0, 0.05) is 5.39 Å². The van der Waals surface area contributed by atoms with Crippen molar-refractivity contribution in [3.05, 3.63) is 71.7 Å². The first kappa shape index (κ1) is 18.4. The lowest BCUT2D eigenvalue weighted by molar-refractivity contribution is 0.0435. The van der Waals surface area contributed by atoms with Gasteiger partial charge in [0.15, 0.2) is 0 Å². The highest BCUT2D eigenvalue weighted by Gasteiger charge is 2.23. The van der Waals surface area contributed by atoms with E-state index in [2.05, 4.69) is 15.5 Å². The minimum atomic E-state index is -0.597. The highest BCUT2D eigenvalue weighted by molar-refractivity contribution is 5.96. The molecule has 0 N–H and O–H groups in total. The van der Waals surface area contributed by atoms with Crippen LogP contribution >= 0.6 is 0 Å². The largest absolute Gasteiger partial charge is 0.460 e. The average molecular weight is 392 g/mol. The maximum absolute atomic E-state index is 12.5. The molecular weight excluding hydrogens is 376 g/mol. The molecule has 0 amide bonds. The SMILES string of the molecule is CCOC(=O)c1oc2ccccc2c1COC(=O)c1ccc(-n2cnnn2)cc1. The second kappa shape index (κ2) is 7.93. The molecule has 0 aliphatic carbocycles. The first-order chi connectivity index (χ1) is 14.2. The molecule has 4 aromatic rings. The van der Waals surface area contributed by atoms with Crippen LogP contribution in [0.2, 0.25) is 0 Å². The molecule has 9 nitrogen and oxygen atoms in total. The zero-order valence-corrected chi connectivity index (χ0v) is 15.4. The number of rotatable bonds is 6. The van der Waals surface area contributed by atoms with Crippen LogP contribution in [-0.4, -0.2) is 38.8 Å². The summed E-state index contributed by atoms with van der Waals surface area (Å²) in [7, 11) is 0. The summed E-state index contributed by atoms with van der Waals surface area (Å²) in [6.45, 7) is 1.79. The minimum absolute atomic E-state index is 0.0369. The van der Waals surface area contributed by atoms with Crippen molar-refractivity contribution < 1.29 is 23.5 Å². The summed E-state index contributed by atoms with van der Waals surface area (Å²) in [6, 6.07) is 13.8. The lowest BCUT2D eigenvalue weighted by Crippen LogP contribution is -2.10. The van der Waals surface area contributed by atoms with Crippen LogP contribution in [0.3, 0.4) is 0 Å². The van der Waals surface area contributed by atoms with E-state index in [-0.39, 0.29) is 19.0 Å². The van der Waals surface area contributed by atoms with Gasteiger partial charge in [0.1, 0.15) is 18.5 Å². The average Bonchev–Trinajstić information content (AvgIpc) is 3.40. The highest BCUT2D eigenvalue weighted by atomic mass is 16.5. The fourth-order valence-electron chi connectivity index (χ4n) is 2.85. The molecule has 0 atom stereocenters. The van der Waals surface area contributed by atoms with Crippen molar-refractivity contribution >= 4 is 22.9 Å². The first-order valence-electron chi connectivity index (χ1n) is 8.85. The van der Waals surface area contributed by atoms with Gasteiger partial charge in [-0.3, -0.25) is 0 Å². The first-order valence-corrected chi connectivity index (χ1v) is 8.85. The molecule has 4 rings (SSSR count). The molecule has 2 heterocycles. The van der Waals surface area contributed by atoms with Crippen molar-refractivity contribution in [3.8, 4) is 5.69 Å². The normalized spacial score (nSPS) is 10.8. The summed E-state index contributed by atoms with van der Waals surface area (Å²) in [4.78, 5) is 24.7. The number of ether oxygens (including phenoxy) is 2. The third-order valence-corrected chi connectivity index (χ3v) is 4.22. The number of hydrogen-bond donors (Lipinski definition) is 0. The monoisotopic (exact) mass is 392 g/mol. The maximum Gasteiger partial charge on any atom is 0.374 e. The topological polar surface area (TPSA) is 109 Å². The molecule has 9 heteroatoms. The Labute approximate surface area is 164 Å². The fourth-order valence-corrected chi connectivity index (χ4v) is 2.85. The lowest BCUT2D eigenvalue weighted by atomic mass is 10.1. The van der Waals surface area contributed by atoms with E-state index in [4.69, 9.17) is 13.9 Å². The number of nitrogens with zero attached hydrogens (tertiary/aromatic N) is 4. The van der Waals surface area contributed by atoms with E-state index >= 15 is 0 Å². The van der Waals surface area contributed by atoms with Crippen LogP contribution in [0.1, 0.15) is 33.4 Å². The van der Waals surface area contributed by atoms with Gasteiger partial charge in [-0.15, -0.1) is 5.10 Å². The van der Waals surface area contributed by atoms with E-state index in [1.807, 2.05) is 6.07 Å². The molecule has 0 fully saturated rings. The number of fused-ring (bicyclic) bond motifs is 1. The minimum Gasteiger partial charge on any atom is -0.460 e. The van der Waals surface area contributed by atoms with E-state index < -0.39 is 11.9 Å². The number of esters is 2. The van der Waals surface area contributed by atoms with E-state index in [0.717, 1.165) is 0 Å². The molecule has 0 aliphatic rings. The predicted molar refractivity (Wildman–Crippen MR) is 100 cm³/mol. The summed E-state index contributed by atoms with van der Waals surface area (Å²) in [5.41, 5.74) is 2.05. The van der Waals surface area contributed by atoms with Crippen LogP contribution in [0.4, 0.5) is 0 Å². The summed E-state index contributed by atoms with van der Waals surface area (Å²) in [6.07, 6.45) is 1.45. The van der Waals surface area contributed by atoms with Crippen molar-refractivity contribution in [2.75, 3.05) is 6.61 Å². The van der Waals surface area contributed by atoms with E-state index in [9.17, 15) is 9.59 Å². The number of aromatic nitrogens is 4. The Balaban J connectivity index is 1.54. The molecule has 146 valence electrons. The molecule has 0 spiro atoms. The molecular formula is C20H16N4O5. The molecule has 0 aliphatic heterocycles. The van der Waals surface area contributed by atoms with E-state index in [1.165, 1.54) is 11.0 Å². The summed E-state index contributed by atoms with van der Waals surface area (Å²) >= 11 is 0. The number of carbonyl (C=O) groups excluding carboxylic acids is 2. The molecule has 29 heavy (non-hydrogen) atoms. The molecule has 0 unspecified atom stereocenters. The van der Waals surface area contributed by atoms with Gasteiger partial charge in [-0.25, -0.2) is 14.3 Å². The van der Waals surface area contributed by atoms with Crippen molar-refractivity contribution in [2.24, 2.45) is 0 Å². The fraction of sp³-hybridized carbons (Fsp3) is 0.150. The second-order valence-electron chi connectivity index (χ2n) is 6.00. The lowest BCUT2D eigenvalue weighted by Gasteiger charge is -2.06. The third kappa shape index (κ3) is 3.70. The Kier molecular flexibility index (Phi) is 5.02. The van der Waals surface area contributed by atoms with Gasteiger partial charge in [0.05, 0.1) is 23.4 Å². The number of carbonyl (C=O) groups is 2. The Morgan fingerprint density at radius 3 is 2.55 bits per heavy atom. The Hall–Kier alpha value is -4.01. The number of benzene rings is 2. The number of furan rings is 1. The van der Waals surface area contributed by atoms with Crippen molar-refractivity contribution in [2.45, 2.75) is 13.5 Å². The van der Waals surface area contributed by atoms with Crippen LogP contribution < -0.4 is 0 Å². The zero-order valence-electron chi connectivity index (χ0n) is 15.4. The molecule has 0 radical (unpaired) electrons. The zero-order chi connectivity index (χ0) is 20.2. The van der Waals surface area contributed by atoms with Crippen LogP contribution in [-0.2, 0) is 16.1 Å². The van der Waals surface area contributed by atoms with Gasteiger partial charge >= 0.3 is 11.9 Å². The number of tetrazole rings is 1. The Morgan fingerprint density at radius 1 is 1.03 bits per heavy atom. The third-order valence-electron chi connectivity index (χ3n) is 4.22. The van der Waals surface area contributed by atoms with Crippen LogP contribution in [0.5, 0.6) is 0 Å². The molecule has 0 saturated carbocycles. The Bertz CT molecular complexity index is 1150. The van der Waals surface area contributed by atoms with Gasteiger partial charge < -0.3 is 13.9 Å². The molecule has 2 aromatic heterocycles. The van der Waals surface area contributed by atoms with E-state index in [1.54, 1.807) is 49.4 Å². The number of hydrogen-bond acceptors (Lipinski definition) is 8. The van der Waals surface area contributed by atoms with Gasteiger partial charge in [-0.1, -0.05) is 18.2 Å². The quantitative estimate of drug-likeness (QED) is 0.461. The predicted octanol–water partition coefficient (Wildman–Crippen LogP) is 2.94. The summed E-state index contributed by atoms with van der Waals surface area (Å²) in [5, 5.41) is 11.6. The van der Waals surface area contributed by atoms with Crippen molar-refractivity contribution in [3.63, 3.8) is 0 Å².